The van der Waals surface area contributed by atoms with Gasteiger partial charge in [-0.3, -0.25) is 0 Å². The number of ether oxygens (including phenoxy) is 1. The van der Waals surface area contributed by atoms with Crippen molar-refractivity contribution in [3.63, 3.8) is 0 Å². The first-order valence-corrected chi connectivity index (χ1v) is 7.61. The molecule has 7 nitrogen and oxygen atoms in total. The van der Waals surface area contributed by atoms with Gasteiger partial charge in [-0.1, -0.05) is 18.2 Å². The minimum absolute atomic E-state index is 0.370. The van der Waals surface area contributed by atoms with Crippen molar-refractivity contribution < 1.29 is 4.74 Å². The number of anilines is 3. The van der Waals surface area contributed by atoms with Gasteiger partial charge in [0.1, 0.15) is 5.75 Å². The Bertz CT molecular complexity index is 889. The van der Waals surface area contributed by atoms with Gasteiger partial charge in [-0.15, -0.1) is 5.10 Å². The van der Waals surface area contributed by atoms with E-state index in [0.29, 0.717) is 23.9 Å². The van der Waals surface area contributed by atoms with Crippen LogP contribution in [0.2, 0.25) is 0 Å². The molecule has 0 saturated heterocycles. The summed E-state index contributed by atoms with van der Waals surface area (Å²) in [4.78, 5) is 4.38. The van der Waals surface area contributed by atoms with Gasteiger partial charge in [-0.25, -0.2) is 0 Å². The average molecular weight is 332 g/mol. The van der Waals surface area contributed by atoms with Gasteiger partial charge in [0.2, 0.25) is 5.95 Å². The maximum Gasteiger partial charge on any atom is 0.249 e. The van der Waals surface area contributed by atoms with E-state index in [-0.39, 0.29) is 0 Å². The molecule has 0 atom stereocenters. The van der Waals surface area contributed by atoms with Crippen molar-refractivity contribution in [1.82, 2.24) is 15.2 Å². The Kier molecular flexibility index (Phi) is 5.02. The van der Waals surface area contributed by atoms with Gasteiger partial charge in [0, 0.05) is 17.8 Å². The lowest BCUT2D eigenvalue weighted by molar-refractivity contribution is 0.410. The molecule has 0 radical (unpaired) electrons. The maximum atomic E-state index is 8.82. The zero-order chi connectivity index (χ0) is 17.5. The Labute approximate surface area is 145 Å². The number of nitrogens with zero attached hydrogens (tertiary/aromatic N) is 4. The van der Waals surface area contributed by atoms with Gasteiger partial charge in [0.25, 0.3) is 0 Å². The normalized spacial score (nSPS) is 9.92. The van der Waals surface area contributed by atoms with Crippen LogP contribution in [0.15, 0.2) is 54.7 Å². The molecule has 7 heteroatoms. The van der Waals surface area contributed by atoms with Crippen molar-refractivity contribution in [2.24, 2.45) is 0 Å². The number of hydrogen-bond donors (Lipinski definition) is 2. The fourth-order valence-electron chi connectivity index (χ4n) is 2.23. The molecule has 0 bridgehead atoms. The molecular formula is C18H16N6O. The number of aromatic nitrogens is 3. The maximum absolute atomic E-state index is 8.82. The fourth-order valence-corrected chi connectivity index (χ4v) is 2.23. The predicted molar refractivity (Wildman–Crippen MR) is 94.6 cm³/mol. The molecule has 0 aliphatic carbocycles. The lowest BCUT2D eigenvalue weighted by Gasteiger charge is -2.10. The van der Waals surface area contributed by atoms with Gasteiger partial charge in [-0.05, 0) is 30.3 Å². The van der Waals surface area contributed by atoms with E-state index in [0.717, 1.165) is 17.0 Å². The average Bonchev–Trinajstić information content (AvgIpc) is 2.67. The summed E-state index contributed by atoms with van der Waals surface area (Å²) in [7, 11) is 1.64. The van der Waals surface area contributed by atoms with Crippen LogP contribution in [-0.2, 0) is 6.54 Å². The van der Waals surface area contributed by atoms with Gasteiger partial charge < -0.3 is 15.4 Å². The summed E-state index contributed by atoms with van der Waals surface area (Å²) in [6.07, 6.45) is 1.55. The van der Waals surface area contributed by atoms with Crippen LogP contribution < -0.4 is 15.4 Å². The molecule has 2 aromatic carbocycles. The summed E-state index contributed by atoms with van der Waals surface area (Å²) < 4.78 is 5.33. The Morgan fingerprint density at radius 1 is 1.12 bits per heavy atom. The third kappa shape index (κ3) is 4.20. The first kappa shape index (κ1) is 16.2. The lowest BCUT2D eigenvalue weighted by atomic mass is 10.2. The summed E-state index contributed by atoms with van der Waals surface area (Å²) in [6.45, 7) is 0.555. The van der Waals surface area contributed by atoms with Crippen LogP contribution in [0.4, 0.5) is 17.5 Å². The number of benzene rings is 2. The first-order chi connectivity index (χ1) is 12.3. The summed E-state index contributed by atoms with van der Waals surface area (Å²) >= 11 is 0. The summed E-state index contributed by atoms with van der Waals surface area (Å²) in [6, 6.07) is 16.9. The first-order valence-electron chi connectivity index (χ1n) is 7.61. The second kappa shape index (κ2) is 7.75. The predicted octanol–water partition coefficient (Wildman–Crippen LogP) is 3.11. The highest BCUT2D eigenvalue weighted by atomic mass is 16.5. The van der Waals surface area contributed by atoms with E-state index in [1.165, 1.54) is 0 Å². The van der Waals surface area contributed by atoms with Crippen LogP contribution in [0.3, 0.4) is 0 Å². The molecule has 0 amide bonds. The van der Waals surface area contributed by atoms with E-state index in [1.54, 1.807) is 37.6 Å². The minimum Gasteiger partial charge on any atom is -0.496 e. The van der Waals surface area contributed by atoms with Crippen molar-refractivity contribution in [2.45, 2.75) is 6.54 Å². The molecule has 1 aromatic heterocycles. The van der Waals surface area contributed by atoms with E-state index in [4.69, 9.17) is 10.00 Å². The number of hydrogen-bond acceptors (Lipinski definition) is 7. The van der Waals surface area contributed by atoms with Crippen molar-refractivity contribution in [2.75, 3.05) is 17.7 Å². The molecule has 0 aliphatic heterocycles. The van der Waals surface area contributed by atoms with E-state index < -0.39 is 0 Å². The van der Waals surface area contributed by atoms with Crippen LogP contribution in [0.1, 0.15) is 11.1 Å². The van der Waals surface area contributed by atoms with Gasteiger partial charge >= 0.3 is 0 Å². The smallest absolute Gasteiger partial charge is 0.249 e. The van der Waals surface area contributed by atoms with Crippen LogP contribution >= 0.6 is 0 Å². The second-order valence-electron chi connectivity index (χ2n) is 5.14. The minimum atomic E-state index is 0.370. The van der Waals surface area contributed by atoms with Crippen molar-refractivity contribution in [3.8, 4) is 11.8 Å². The van der Waals surface area contributed by atoms with Gasteiger partial charge in [0.05, 0.1) is 24.9 Å². The molecule has 2 N–H and O–H groups in total. The van der Waals surface area contributed by atoms with Crippen LogP contribution in [0.5, 0.6) is 5.75 Å². The molecule has 0 unspecified atom stereocenters. The second-order valence-corrected chi connectivity index (χ2v) is 5.14. The van der Waals surface area contributed by atoms with E-state index in [2.05, 4.69) is 31.9 Å². The molecule has 0 fully saturated rings. The van der Waals surface area contributed by atoms with Gasteiger partial charge in [-0.2, -0.15) is 15.3 Å². The number of methoxy groups -OCH3 is 1. The molecule has 0 spiro atoms. The molecule has 3 aromatic rings. The molecule has 124 valence electrons. The fraction of sp³-hybridized carbons (Fsp3) is 0.111. The molecule has 1 heterocycles. The number of para-hydroxylation sites is 1. The monoisotopic (exact) mass is 332 g/mol. The quantitative estimate of drug-likeness (QED) is 0.716. The van der Waals surface area contributed by atoms with Gasteiger partial charge in [0.15, 0.2) is 5.82 Å². The molecular weight excluding hydrogens is 316 g/mol. The highest BCUT2D eigenvalue weighted by molar-refractivity contribution is 5.55. The number of rotatable bonds is 6. The number of nitrogens with one attached hydrogen (secondary N) is 2. The SMILES string of the molecule is COc1ccccc1CNc1cnnc(Nc2ccc(C#N)cc2)n1. The zero-order valence-corrected chi connectivity index (χ0v) is 13.6. The van der Waals surface area contributed by atoms with Crippen molar-refractivity contribution >= 4 is 17.5 Å². The molecule has 0 aliphatic rings. The Morgan fingerprint density at radius 2 is 1.92 bits per heavy atom. The Balaban J connectivity index is 1.67. The zero-order valence-electron chi connectivity index (χ0n) is 13.6. The lowest BCUT2D eigenvalue weighted by Crippen LogP contribution is -2.06. The molecule has 3 rings (SSSR count). The highest BCUT2D eigenvalue weighted by Gasteiger charge is 2.04. The van der Waals surface area contributed by atoms with E-state index >= 15 is 0 Å². The van der Waals surface area contributed by atoms with Crippen molar-refractivity contribution in [1.29, 1.82) is 5.26 Å². The largest absolute Gasteiger partial charge is 0.496 e. The Morgan fingerprint density at radius 3 is 2.68 bits per heavy atom. The summed E-state index contributed by atoms with van der Waals surface area (Å²) in [5.74, 6) is 1.78. The summed E-state index contributed by atoms with van der Waals surface area (Å²) in [5.41, 5.74) is 2.39. The van der Waals surface area contributed by atoms with Crippen LogP contribution in [-0.4, -0.2) is 22.3 Å². The van der Waals surface area contributed by atoms with E-state index in [9.17, 15) is 0 Å². The third-order valence-corrected chi connectivity index (χ3v) is 3.48. The van der Waals surface area contributed by atoms with Crippen molar-refractivity contribution in [3.05, 3.63) is 65.9 Å². The van der Waals surface area contributed by atoms with Crippen LogP contribution in [0.25, 0.3) is 0 Å². The number of nitriles is 1. The third-order valence-electron chi connectivity index (χ3n) is 3.48. The highest BCUT2D eigenvalue weighted by Crippen LogP contribution is 2.19. The van der Waals surface area contributed by atoms with E-state index in [1.807, 2.05) is 24.3 Å². The summed E-state index contributed by atoms with van der Waals surface area (Å²) in [5, 5.41) is 23.0. The topological polar surface area (TPSA) is 95.8 Å². The molecule has 25 heavy (non-hydrogen) atoms. The van der Waals surface area contributed by atoms with Crippen LogP contribution in [0, 0.1) is 11.3 Å². The molecule has 0 saturated carbocycles. The standard InChI is InChI=1S/C18H16N6O/c1-25-16-5-3-2-4-14(16)11-20-17-12-21-24-18(23-17)22-15-8-6-13(10-19)7-9-15/h2-9,12H,11H2,1H3,(H2,20,22,23,24). The Hall–Kier alpha value is -3.66.